The van der Waals surface area contributed by atoms with Crippen LogP contribution >= 0.6 is 0 Å². The van der Waals surface area contributed by atoms with E-state index in [0.717, 1.165) is 38.3 Å². The summed E-state index contributed by atoms with van der Waals surface area (Å²) in [5, 5.41) is 6.68. The van der Waals surface area contributed by atoms with Gasteiger partial charge in [-0.2, -0.15) is 0 Å². The van der Waals surface area contributed by atoms with Gasteiger partial charge in [0.05, 0.1) is 0 Å². The molecule has 0 aliphatic carbocycles. The molecule has 0 saturated carbocycles. The van der Waals surface area contributed by atoms with Crippen molar-refractivity contribution >= 4 is 5.96 Å². The van der Waals surface area contributed by atoms with Crippen molar-refractivity contribution in [2.45, 2.75) is 19.3 Å². The van der Waals surface area contributed by atoms with Gasteiger partial charge in [-0.1, -0.05) is 36.4 Å². The van der Waals surface area contributed by atoms with Crippen molar-refractivity contribution in [3.63, 3.8) is 0 Å². The number of aliphatic imine (C=N–C) groups is 1. The Kier molecular flexibility index (Phi) is 6.96. The molecule has 1 aromatic heterocycles. The lowest BCUT2D eigenvalue weighted by molar-refractivity contribution is 0.738. The molecule has 0 radical (unpaired) electrons. The van der Waals surface area contributed by atoms with Crippen molar-refractivity contribution in [3.8, 4) is 0 Å². The number of aryl methyl sites for hydroxylation is 1. The van der Waals surface area contributed by atoms with Crippen molar-refractivity contribution in [3.05, 3.63) is 66.0 Å². The average molecular weight is 296 g/mol. The summed E-state index contributed by atoms with van der Waals surface area (Å²) in [5.41, 5.74) is 2.61. The minimum absolute atomic E-state index is 0.851. The number of nitrogens with zero attached hydrogens (tertiary/aromatic N) is 2. The standard InChI is InChI=1S/C18H24N4/c1-19-18(22-14-11-17-10-5-12-20-15-17)21-13-6-9-16-7-3-2-4-8-16/h2-5,7-8,10,12,15H,6,9,11,13-14H2,1H3,(H2,19,21,22). The van der Waals surface area contributed by atoms with Crippen molar-refractivity contribution in [1.82, 2.24) is 15.6 Å². The second kappa shape index (κ2) is 9.55. The smallest absolute Gasteiger partial charge is 0.190 e. The van der Waals surface area contributed by atoms with Gasteiger partial charge in [0.2, 0.25) is 0 Å². The second-order valence-corrected chi connectivity index (χ2v) is 5.13. The van der Waals surface area contributed by atoms with Gasteiger partial charge in [0.1, 0.15) is 0 Å². The number of hydrogen-bond acceptors (Lipinski definition) is 2. The third-order valence-electron chi connectivity index (χ3n) is 3.43. The van der Waals surface area contributed by atoms with E-state index in [4.69, 9.17) is 0 Å². The molecule has 0 aliphatic heterocycles. The SMILES string of the molecule is CN=C(NCCCc1ccccc1)NCCc1cccnc1. The van der Waals surface area contributed by atoms with Crippen LogP contribution in [0, 0.1) is 0 Å². The lowest BCUT2D eigenvalue weighted by Gasteiger charge is -2.11. The predicted molar refractivity (Wildman–Crippen MR) is 92.1 cm³/mol. The number of aromatic nitrogens is 1. The van der Waals surface area contributed by atoms with Crippen LogP contribution in [-0.4, -0.2) is 31.1 Å². The normalized spacial score (nSPS) is 11.2. The lowest BCUT2D eigenvalue weighted by atomic mass is 10.1. The molecule has 1 aromatic carbocycles. The molecule has 0 saturated heterocycles. The Bertz CT molecular complexity index is 552. The van der Waals surface area contributed by atoms with Gasteiger partial charge in [0.15, 0.2) is 5.96 Å². The third-order valence-corrected chi connectivity index (χ3v) is 3.43. The second-order valence-electron chi connectivity index (χ2n) is 5.13. The van der Waals surface area contributed by atoms with Crippen LogP contribution < -0.4 is 10.6 Å². The zero-order valence-electron chi connectivity index (χ0n) is 13.1. The number of rotatable bonds is 7. The van der Waals surface area contributed by atoms with E-state index >= 15 is 0 Å². The summed E-state index contributed by atoms with van der Waals surface area (Å²) in [7, 11) is 1.80. The topological polar surface area (TPSA) is 49.3 Å². The van der Waals surface area contributed by atoms with Crippen LogP contribution in [0.1, 0.15) is 17.5 Å². The molecule has 0 amide bonds. The van der Waals surface area contributed by atoms with Crippen LogP contribution in [0.25, 0.3) is 0 Å². The van der Waals surface area contributed by atoms with Crippen LogP contribution in [0.15, 0.2) is 59.9 Å². The van der Waals surface area contributed by atoms with Gasteiger partial charge in [-0.3, -0.25) is 9.98 Å². The maximum Gasteiger partial charge on any atom is 0.190 e. The molecule has 0 fully saturated rings. The molecule has 1 heterocycles. The molecule has 0 spiro atoms. The van der Waals surface area contributed by atoms with Gasteiger partial charge in [0.25, 0.3) is 0 Å². The van der Waals surface area contributed by atoms with Crippen LogP contribution in [0.2, 0.25) is 0 Å². The van der Waals surface area contributed by atoms with Gasteiger partial charge in [0, 0.05) is 32.5 Å². The first-order chi connectivity index (χ1) is 10.9. The molecule has 4 nitrogen and oxygen atoms in total. The van der Waals surface area contributed by atoms with Gasteiger partial charge in [-0.15, -0.1) is 0 Å². The molecular weight excluding hydrogens is 272 g/mol. The van der Waals surface area contributed by atoms with E-state index in [9.17, 15) is 0 Å². The fraction of sp³-hybridized carbons (Fsp3) is 0.333. The summed E-state index contributed by atoms with van der Waals surface area (Å²) in [6.45, 7) is 1.77. The summed E-state index contributed by atoms with van der Waals surface area (Å²) < 4.78 is 0. The van der Waals surface area contributed by atoms with Gasteiger partial charge in [-0.25, -0.2) is 0 Å². The van der Waals surface area contributed by atoms with E-state index in [1.807, 2.05) is 12.3 Å². The Balaban J connectivity index is 1.61. The van der Waals surface area contributed by atoms with Crippen molar-refractivity contribution in [1.29, 1.82) is 0 Å². The molecule has 4 heteroatoms. The quantitative estimate of drug-likeness (QED) is 0.469. The number of pyridine rings is 1. The summed E-state index contributed by atoms with van der Waals surface area (Å²) >= 11 is 0. The number of guanidine groups is 1. The minimum Gasteiger partial charge on any atom is -0.356 e. The first-order valence-electron chi connectivity index (χ1n) is 7.76. The molecule has 116 valence electrons. The maximum absolute atomic E-state index is 4.24. The Hall–Kier alpha value is -2.36. The van der Waals surface area contributed by atoms with Crippen LogP contribution in [-0.2, 0) is 12.8 Å². The van der Waals surface area contributed by atoms with E-state index in [1.54, 1.807) is 13.2 Å². The van der Waals surface area contributed by atoms with Crippen molar-refractivity contribution in [2.24, 2.45) is 4.99 Å². The van der Waals surface area contributed by atoms with E-state index in [0.29, 0.717) is 0 Å². The molecule has 2 aromatic rings. The molecule has 0 bridgehead atoms. The molecule has 0 atom stereocenters. The van der Waals surface area contributed by atoms with E-state index in [2.05, 4.69) is 57.0 Å². The Morgan fingerprint density at radius 3 is 2.45 bits per heavy atom. The number of hydrogen-bond donors (Lipinski definition) is 2. The van der Waals surface area contributed by atoms with E-state index in [-0.39, 0.29) is 0 Å². The van der Waals surface area contributed by atoms with Crippen LogP contribution in [0.5, 0.6) is 0 Å². The summed E-state index contributed by atoms with van der Waals surface area (Å²) in [6, 6.07) is 14.6. The maximum atomic E-state index is 4.24. The molecule has 2 rings (SSSR count). The highest BCUT2D eigenvalue weighted by atomic mass is 15.2. The van der Waals surface area contributed by atoms with E-state index in [1.165, 1.54) is 11.1 Å². The summed E-state index contributed by atoms with van der Waals surface area (Å²) in [6.07, 6.45) is 6.81. The fourth-order valence-corrected chi connectivity index (χ4v) is 2.24. The van der Waals surface area contributed by atoms with Crippen LogP contribution in [0.4, 0.5) is 0 Å². The zero-order chi connectivity index (χ0) is 15.5. The number of benzene rings is 1. The minimum atomic E-state index is 0.851. The predicted octanol–water partition coefficient (Wildman–Crippen LogP) is 2.42. The number of nitrogens with one attached hydrogen (secondary N) is 2. The highest BCUT2D eigenvalue weighted by Gasteiger charge is 1.98. The molecule has 0 aliphatic rings. The largest absolute Gasteiger partial charge is 0.356 e. The molecule has 22 heavy (non-hydrogen) atoms. The molecular formula is C18H24N4. The monoisotopic (exact) mass is 296 g/mol. The molecule has 2 N–H and O–H groups in total. The van der Waals surface area contributed by atoms with Gasteiger partial charge >= 0.3 is 0 Å². The average Bonchev–Trinajstić information content (AvgIpc) is 2.59. The van der Waals surface area contributed by atoms with Crippen molar-refractivity contribution in [2.75, 3.05) is 20.1 Å². The van der Waals surface area contributed by atoms with Gasteiger partial charge < -0.3 is 10.6 Å². The zero-order valence-corrected chi connectivity index (χ0v) is 13.1. The summed E-state index contributed by atoms with van der Waals surface area (Å²) in [5.74, 6) is 0.858. The van der Waals surface area contributed by atoms with Gasteiger partial charge in [-0.05, 0) is 36.5 Å². The highest BCUT2D eigenvalue weighted by Crippen LogP contribution is 2.01. The first kappa shape index (κ1) is 16.0. The van der Waals surface area contributed by atoms with Crippen LogP contribution in [0.3, 0.4) is 0 Å². The highest BCUT2D eigenvalue weighted by molar-refractivity contribution is 5.79. The van der Waals surface area contributed by atoms with Crippen molar-refractivity contribution < 1.29 is 0 Å². The lowest BCUT2D eigenvalue weighted by Crippen LogP contribution is -2.38. The molecule has 0 unspecified atom stereocenters. The Labute approximate surface area is 132 Å². The third kappa shape index (κ3) is 5.95. The Morgan fingerprint density at radius 2 is 1.73 bits per heavy atom. The summed E-state index contributed by atoms with van der Waals surface area (Å²) in [4.78, 5) is 8.36. The van der Waals surface area contributed by atoms with E-state index < -0.39 is 0 Å². The fourth-order valence-electron chi connectivity index (χ4n) is 2.24. The first-order valence-corrected chi connectivity index (χ1v) is 7.76. The Morgan fingerprint density at radius 1 is 0.955 bits per heavy atom.